The molecule has 5 aromatic rings. The van der Waals surface area contributed by atoms with Crippen molar-refractivity contribution in [2.45, 2.75) is 36.5 Å². The van der Waals surface area contributed by atoms with Crippen LogP contribution in [0.1, 0.15) is 30.4 Å². The Morgan fingerprint density at radius 2 is 1.90 bits per heavy atom. The van der Waals surface area contributed by atoms with Crippen LogP contribution in [0.15, 0.2) is 103 Å². The molecule has 0 bridgehead atoms. The van der Waals surface area contributed by atoms with Crippen LogP contribution < -0.4 is 10.1 Å². The summed E-state index contributed by atoms with van der Waals surface area (Å²) in [5, 5.41) is 4.26. The average molecular weight is 706 g/mol. The minimum absolute atomic E-state index is 0.0594. The molecular weight excluding hydrogens is 672 g/mol. The van der Waals surface area contributed by atoms with Crippen LogP contribution in [-0.2, 0) is 26.8 Å². The third-order valence-electron chi connectivity index (χ3n) is 8.35. The van der Waals surface area contributed by atoms with Crippen LogP contribution in [0.2, 0.25) is 5.02 Å². The zero-order chi connectivity index (χ0) is 34.4. The van der Waals surface area contributed by atoms with Gasteiger partial charge in [-0.3, -0.25) is 0 Å². The Morgan fingerprint density at radius 3 is 2.65 bits per heavy atom. The van der Waals surface area contributed by atoms with Crippen LogP contribution in [-0.4, -0.2) is 54.2 Å². The highest BCUT2D eigenvalue weighted by atomic mass is 35.5. The lowest BCUT2D eigenvalue weighted by Crippen LogP contribution is -2.30. The molecule has 254 valence electrons. The van der Waals surface area contributed by atoms with E-state index in [1.165, 1.54) is 36.8 Å². The monoisotopic (exact) mass is 705 g/mol. The van der Waals surface area contributed by atoms with Gasteiger partial charge in [0, 0.05) is 41.9 Å². The number of ether oxygens (including phenoxy) is 2. The number of sulfone groups is 1. The second kappa shape index (κ2) is 14.9. The molecule has 0 spiro atoms. The van der Waals surface area contributed by atoms with E-state index in [4.69, 9.17) is 21.1 Å². The SMILES string of the molecule is CN(CCCC1(c2cc3c(Nc4ccc(OCc5cccc(F)c5)c(Cl)c4)ncnc3cc2F)CC=CO1)CCS(=O)(=O)c1ccccn1. The molecule has 6 rings (SSSR count). The summed E-state index contributed by atoms with van der Waals surface area (Å²) in [5.74, 6) is 0.0316. The lowest BCUT2D eigenvalue weighted by Gasteiger charge is -2.31. The first-order valence-electron chi connectivity index (χ1n) is 15.7. The van der Waals surface area contributed by atoms with Gasteiger partial charge in [-0.1, -0.05) is 29.8 Å². The molecule has 3 aromatic carbocycles. The van der Waals surface area contributed by atoms with Gasteiger partial charge in [0.25, 0.3) is 0 Å². The highest BCUT2D eigenvalue weighted by molar-refractivity contribution is 7.91. The van der Waals surface area contributed by atoms with Crippen molar-refractivity contribution in [2.75, 3.05) is 31.2 Å². The Bertz CT molecular complexity index is 2080. The Hall–Kier alpha value is -4.65. The maximum absolute atomic E-state index is 15.8. The summed E-state index contributed by atoms with van der Waals surface area (Å²) in [6.45, 7) is 1.06. The largest absolute Gasteiger partial charge is 0.490 e. The third-order valence-corrected chi connectivity index (χ3v) is 10.2. The van der Waals surface area contributed by atoms with E-state index in [1.807, 2.05) is 18.0 Å². The van der Waals surface area contributed by atoms with E-state index < -0.39 is 21.3 Å². The standard InChI is InChI=1S/C36H34ClF2N5O4S/c1-44(16-18-49(45,46)34-9-2-3-14-40-34)15-5-12-36(13-6-17-48-36)29-21-28-32(22-31(29)39)41-24-42-35(28)43-27-10-11-33(30(37)20-27)47-23-25-7-4-8-26(38)19-25/h2-4,6-11,14,17,19-22,24H,5,12-13,15-16,18,23H2,1H3,(H,41,42,43). The summed E-state index contributed by atoms with van der Waals surface area (Å²) < 4.78 is 66.5. The number of nitrogens with zero attached hydrogens (tertiary/aromatic N) is 4. The van der Waals surface area contributed by atoms with E-state index >= 15 is 4.39 Å². The lowest BCUT2D eigenvalue weighted by molar-refractivity contribution is 0.0252. The van der Waals surface area contributed by atoms with Crippen molar-refractivity contribution in [2.24, 2.45) is 0 Å². The van der Waals surface area contributed by atoms with Crippen molar-refractivity contribution in [3.63, 3.8) is 0 Å². The number of nitrogens with one attached hydrogen (secondary N) is 1. The Balaban J connectivity index is 1.15. The van der Waals surface area contributed by atoms with E-state index in [2.05, 4.69) is 20.3 Å². The van der Waals surface area contributed by atoms with E-state index in [9.17, 15) is 12.8 Å². The summed E-state index contributed by atoms with van der Waals surface area (Å²) in [5.41, 5.74) is 1.13. The molecule has 0 saturated heterocycles. The van der Waals surface area contributed by atoms with Gasteiger partial charge < -0.3 is 19.7 Å². The van der Waals surface area contributed by atoms with Crippen molar-refractivity contribution in [1.29, 1.82) is 0 Å². The van der Waals surface area contributed by atoms with Crippen molar-refractivity contribution in [1.82, 2.24) is 19.9 Å². The lowest BCUT2D eigenvalue weighted by atomic mass is 9.85. The first-order valence-corrected chi connectivity index (χ1v) is 17.7. The normalized spacial score (nSPS) is 15.9. The molecule has 3 heterocycles. The van der Waals surface area contributed by atoms with Gasteiger partial charge in [-0.15, -0.1) is 0 Å². The molecular formula is C36H34ClF2N5O4S. The van der Waals surface area contributed by atoms with Crippen molar-refractivity contribution in [3.05, 3.63) is 125 Å². The zero-order valence-corrected chi connectivity index (χ0v) is 28.2. The number of hydrogen-bond donors (Lipinski definition) is 1. The molecule has 13 heteroatoms. The van der Waals surface area contributed by atoms with Crippen molar-refractivity contribution >= 4 is 43.8 Å². The number of fused-ring (bicyclic) bond motifs is 1. The Labute approximate surface area is 288 Å². The summed E-state index contributed by atoms with van der Waals surface area (Å²) in [7, 11) is -1.65. The predicted molar refractivity (Wildman–Crippen MR) is 185 cm³/mol. The molecule has 0 saturated carbocycles. The molecule has 0 aliphatic carbocycles. The van der Waals surface area contributed by atoms with Crippen molar-refractivity contribution in [3.8, 4) is 5.75 Å². The molecule has 1 atom stereocenters. The van der Waals surface area contributed by atoms with Crippen LogP contribution in [0.3, 0.4) is 0 Å². The summed E-state index contributed by atoms with van der Waals surface area (Å²) in [6.07, 6.45) is 7.86. The van der Waals surface area contributed by atoms with Crippen LogP contribution >= 0.6 is 11.6 Å². The number of halogens is 3. The number of benzene rings is 3. The minimum atomic E-state index is -3.50. The summed E-state index contributed by atoms with van der Waals surface area (Å²) in [6, 6.07) is 19.2. The van der Waals surface area contributed by atoms with Gasteiger partial charge >= 0.3 is 0 Å². The van der Waals surface area contributed by atoms with E-state index in [0.717, 1.165) is 0 Å². The second-order valence-corrected chi connectivity index (χ2v) is 14.3. The quantitative estimate of drug-likeness (QED) is 0.125. The highest BCUT2D eigenvalue weighted by Gasteiger charge is 2.38. The minimum Gasteiger partial charge on any atom is -0.490 e. The first kappa shape index (κ1) is 34.2. The first-order chi connectivity index (χ1) is 23.6. The third kappa shape index (κ3) is 8.15. The van der Waals surface area contributed by atoms with Crippen LogP contribution in [0, 0.1) is 11.6 Å². The smallest absolute Gasteiger partial charge is 0.196 e. The van der Waals surface area contributed by atoms with E-state index in [0.29, 0.717) is 76.7 Å². The molecule has 1 aliphatic rings. The topological polar surface area (TPSA) is 107 Å². The molecule has 49 heavy (non-hydrogen) atoms. The maximum atomic E-state index is 15.8. The number of rotatable bonds is 14. The number of pyridine rings is 1. The fraction of sp³-hybridized carbons (Fsp3) is 0.250. The molecule has 9 nitrogen and oxygen atoms in total. The maximum Gasteiger partial charge on any atom is 0.196 e. The van der Waals surface area contributed by atoms with Crippen LogP contribution in [0.5, 0.6) is 5.75 Å². The predicted octanol–water partition coefficient (Wildman–Crippen LogP) is 7.59. The van der Waals surface area contributed by atoms with Gasteiger partial charge in [-0.2, -0.15) is 0 Å². The van der Waals surface area contributed by atoms with Crippen LogP contribution in [0.25, 0.3) is 10.9 Å². The number of aromatic nitrogens is 3. The molecule has 1 unspecified atom stereocenters. The summed E-state index contributed by atoms with van der Waals surface area (Å²) in [4.78, 5) is 14.6. The van der Waals surface area contributed by atoms with Crippen molar-refractivity contribution < 1.29 is 26.7 Å². The summed E-state index contributed by atoms with van der Waals surface area (Å²) >= 11 is 6.52. The molecule has 2 aromatic heterocycles. The van der Waals surface area contributed by atoms with Gasteiger partial charge in [-0.05, 0) is 86.6 Å². The van der Waals surface area contributed by atoms with Gasteiger partial charge in [-0.25, -0.2) is 32.2 Å². The zero-order valence-electron chi connectivity index (χ0n) is 26.7. The Morgan fingerprint density at radius 1 is 1.02 bits per heavy atom. The number of hydrogen-bond acceptors (Lipinski definition) is 9. The van der Waals surface area contributed by atoms with Gasteiger partial charge in [0.05, 0.1) is 22.6 Å². The van der Waals surface area contributed by atoms with Gasteiger partial charge in [0.15, 0.2) is 14.9 Å². The molecule has 1 aliphatic heterocycles. The van der Waals surface area contributed by atoms with E-state index in [-0.39, 0.29) is 23.2 Å². The van der Waals surface area contributed by atoms with Gasteiger partial charge in [0.1, 0.15) is 41.7 Å². The second-order valence-electron chi connectivity index (χ2n) is 11.8. The number of anilines is 2. The fourth-order valence-electron chi connectivity index (χ4n) is 5.74. The highest BCUT2D eigenvalue weighted by Crippen LogP contribution is 2.42. The average Bonchev–Trinajstić information content (AvgIpc) is 3.57. The molecule has 0 fully saturated rings. The Kier molecular flexibility index (Phi) is 10.4. The van der Waals surface area contributed by atoms with E-state index in [1.54, 1.807) is 54.8 Å². The molecule has 1 N–H and O–H groups in total. The fourth-order valence-corrected chi connectivity index (χ4v) is 7.24. The van der Waals surface area contributed by atoms with Gasteiger partial charge in [0.2, 0.25) is 0 Å². The van der Waals surface area contributed by atoms with Crippen LogP contribution in [0.4, 0.5) is 20.3 Å². The molecule has 0 radical (unpaired) electrons. The molecule has 0 amide bonds.